The van der Waals surface area contributed by atoms with Crippen LogP contribution in [0, 0.1) is 0 Å². The molecular formula is C72H50N2. The molecule has 2 heteroatoms. The van der Waals surface area contributed by atoms with Crippen molar-refractivity contribution in [1.29, 1.82) is 0 Å². The number of hydrogen-bond acceptors (Lipinski definition) is 1. The zero-order valence-electron chi connectivity index (χ0n) is 40.8. The number of para-hydroxylation sites is 1. The van der Waals surface area contributed by atoms with Crippen LogP contribution in [0.5, 0.6) is 0 Å². The minimum atomic E-state index is 1.08. The second kappa shape index (κ2) is 19.4. The van der Waals surface area contributed by atoms with E-state index in [1.807, 2.05) is 0 Å². The maximum atomic E-state index is 2.48. The van der Waals surface area contributed by atoms with Gasteiger partial charge in [-0.15, -0.1) is 0 Å². The van der Waals surface area contributed by atoms with Crippen LogP contribution in [0.2, 0.25) is 0 Å². The normalized spacial score (nSPS) is 11.2. The van der Waals surface area contributed by atoms with Crippen molar-refractivity contribution in [2.75, 3.05) is 4.90 Å². The van der Waals surface area contributed by atoms with Crippen LogP contribution >= 0.6 is 0 Å². The van der Waals surface area contributed by atoms with Crippen molar-refractivity contribution in [2.24, 2.45) is 0 Å². The minimum absolute atomic E-state index is 1.08. The van der Waals surface area contributed by atoms with Gasteiger partial charge in [-0.05, 0) is 127 Å². The molecule has 0 saturated carbocycles. The molecule has 0 N–H and O–H groups in total. The van der Waals surface area contributed by atoms with Crippen molar-refractivity contribution in [3.05, 3.63) is 303 Å². The Hall–Kier alpha value is -9.76. The summed E-state index contributed by atoms with van der Waals surface area (Å²) in [6, 6.07) is 110. The van der Waals surface area contributed by atoms with Gasteiger partial charge in [0.05, 0.1) is 16.7 Å². The van der Waals surface area contributed by atoms with E-state index in [0.717, 1.165) is 39.4 Å². The number of hydrogen-bond donors (Lipinski definition) is 0. The second-order valence-corrected chi connectivity index (χ2v) is 18.9. The van der Waals surface area contributed by atoms with Gasteiger partial charge in [0.15, 0.2) is 0 Å². The fraction of sp³-hybridized carbons (Fsp3) is 0. The van der Waals surface area contributed by atoms with Crippen LogP contribution in [0.25, 0.3) is 105 Å². The second-order valence-electron chi connectivity index (χ2n) is 18.9. The largest absolute Gasteiger partial charge is 0.310 e. The first-order valence-corrected chi connectivity index (χ1v) is 25.4. The molecule has 0 radical (unpaired) electrons. The lowest BCUT2D eigenvalue weighted by Gasteiger charge is -2.26. The smallest absolute Gasteiger partial charge is 0.0547 e. The molecule has 2 nitrogen and oxygen atoms in total. The van der Waals surface area contributed by atoms with E-state index in [1.165, 1.54) is 83.0 Å². The summed E-state index contributed by atoms with van der Waals surface area (Å²) in [5.74, 6) is 0. The predicted molar refractivity (Wildman–Crippen MR) is 314 cm³/mol. The lowest BCUT2D eigenvalue weighted by atomic mass is 9.98. The zero-order chi connectivity index (χ0) is 49.2. The van der Waals surface area contributed by atoms with Crippen LogP contribution < -0.4 is 4.90 Å². The topological polar surface area (TPSA) is 8.17 Å². The number of anilines is 3. The average molecular weight is 943 g/mol. The van der Waals surface area contributed by atoms with E-state index in [0.29, 0.717) is 0 Å². The van der Waals surface area contributed by atoms with E-state index in [-0.39, 0.29) is 0 Å². The molecule has 0 aliphatic rings. The van der Waals surface area contributed by atoms with Crippen molar-refractivity contribution in [1.82, 2.24) is 4.57 Å². The molecule has 0 saturated heterocycles. The Labute approximate surface area is 433 Å². The molecule has 13 aromatic rings. The maximum Gasteiger partial charge on any atom is 0.0547 e. The van der Waals surface area contributed by atoms with Crippen LogP contribution in [0.3, 0.4) is 0 Å². The number of nitrogens with zero attached hydrogens (tertiary/aromatic N) is 2. The first-order chi connectivity index (χ1) is 36.7. The summed E-state index contributed by atoms with van der Waals surface area (Å²) in [5.41, 5.74) is 23.4. The highest BCUT2D eigenvalue weighted by atomic mass is 15.1. The number of benzene rings is 12. The SMILES string of the molecule is c1ccc(-c2ccc(-c3ccc(N(c4ccc(-c5ccc(-c6ccccc6-n6c7cc(-c8ccccc8)ccc7c7ccc(-c8ccccc8)cc76)cc5)cc4)c4cccc(-c5ccccc5)c4)cc3)cc2)cc1. The third kappa shape index (κ3) is 8.55. The third-order valence-corrected chi connectivity index (χ3v) is 14.4. The number of fused-ring (bicyclic) bond motifs is 3. The fourth-order valence-electron chi connectivity index (χ4n) is 10.6. The summed E-state index contributed by atoms with van der Waals surface area (Å²) < 4.78 is 2.48. The molecule has 0 amide bonds. The van der Waals surface area contributed by atoms with Gasteiger partial charge in [-0.2, -0.15) is 0 Å². The van der Waals surface area contributed by atoms with Crippen LogP contribution in [0.4, 0.5) is 17.1 Å². The van der Waals surface area contributed by atoms with E-state index >= 15 is 0 Å². The molecule has 0 aliphatic heterocycles. The van der Waals surface area contributed by atoms with Crippen molar-refractivity contribution in [3.63, 3.8) is 0 Å². The Balaban J connectivity index is 0.845. The molecule has 12 aromatic carbocycles. The molecule has 0 bridgehead atoms. The van der Waals surface area contributed by atoms with Crippen molar-refractivity contribution in [2.45, 2.75) is 0 Å². The predicted octanol–water partition coefficient (Wildman–Crippen LogP) is 19.9. The molecule has 1 aromatic heterocycles. The van der Waals surface area contributed by atoms with Crippen molar-refractivity contribution >= 4 is 38.9 Å². The van der Waals surface area contributed by atoms with E-state index in [1.54, 1.807) is 0 Å². The monoisotopic (exact) mass is 942 g/mol. The molecule has 348 valence electrons. The fourth-order valence-corrected chi connectivity index (χ4v) is 10.6. The quantitative estimate of drug-likeness (QED) is 0.125. The molecule has 13 rings (SSSR count). The Bertz CT molecular complexity index is 3950. The maximum absolute atomic E-state index is 2.48. The van der Waals surface area contributed by atoms with Gasteiger partial charge in [0.25, 0.3) is 0 Å². The van der Waals surface area contributed by atoms with E-state index < -0.39 is 0 Å². The lowest BCUT2D eigenvalue weighted by Crippen LogP contribution is -2.10. The standard InChI is InChI=1S/C72H50N2/c1-5-16-51(17-6-1)55-28-30-56(31-29-55)58-36-42-64(43-37-58)73(66-25-15-24-61(48-66)52-18-7-2-8-19-52)65-44-38-59(39-45-65)57-32-34-60(35-33-57)67-26-13-14-27-70(67)74-71-49-62(53-20-9-3-10-21-53)40-46-68(71)69-47-41-63(50-72(69)74)54-22-11-4-12-23-54/h1-50H. The Kier molecular flexibility index (Phi) is 11.6. The molecular weight excluding hydrogens is 893 g/mol. The Morgan fingerprint density at radius 3 is 0.946 bits per heavy atom. The van der Waals surface area contributed by atoms with Crippen LogP contribution in [-0.2, 0) is 0 Å². The van der Waals surface area contributed by atoms with Crippen LogP contribution in [0.15, 0.2) is 303 Å². The zero-order valence-corrected chi connectivity index (χ0v) is 40.8. The van der Waals surface area contributed by atoms with Gasteiger partial charge < -0.3 is 9.47 Å². The van der Waals surface area contributed by atoms with Gasteiger partial charge in [0.2, 0.25) is 0 Å². The highest BCUT2D eigenvalue weighted by Crippen LogP contribution is 2.42. The summed E-state index contributed by atoms with van der Waals surface area (Å²) in [5, 5.41) is 2.47. The molecule has 1 heterocycles. The van der Waals surface area contributed by atoms with Gasteiger partial charge in [-0.1, -0.05) is 249 Å². The molecule has 0 spiro atoms. The van der Waals surface area contributed by atoms with E-state index in [2.05, 4.69) is 313 Å². The summed E-state index contributed by atoms with van der Waals surface area (Å²) >= 11 is 0. The van der Waals surface area contributed by atoms with E-state index in [9.17, 15) is 0 Å². The highest BCUT2D eigenvalue weighted by molar-refractivity contribution is 6.11. The van der Waals surface area contributed by atoms with Crippen molar-refractivity contribution < 1.29 is 0 Å². The minimum Gasteiger partial charge on any atom is -0.310 e. The molecule has 0 atom stereocenters. The summed E-state index contributed by atoms with van der Waals surface area (Å²) in [4.78, 5) is 2.36. The van der Waals surface area contributed by atoms with E-state index in [4.69, 9.17) is 0 Å². The first kappa shape index (κ1) is 44.2. The Morgan fingerprint density at radius 1 is 0.203 bits per heavy atom. The van der Waals surface area contributed by atoms with Gasteiger partial charge in [0, 0.05) is 33.4 Å². The first-order valence-electron chi connectivity index (χ1n) is 25.4. The molecule has 0 aliphatic carbocycles. The number of rotatable bonds is 11. The van der Waals surface area contributed by atoms with Gasteiger partial charge >= 0.3 is 0 Å². The van der Waals surface area contributed by atoms with Gasteiger partial charge in [-0.25, -0.2) is 0 Å². The molecule has 0 fully saturated rings. The summed E-state index contributed by atoms with van der Waals surface area (Å²) in [7, 11) is 0. The summed E-state index contributed by atoms with van der Waals surface area (Å²) in [6.45, 7) is 0. The Morgan fingerprint density at radius 2 is 0.514 bits per heavy atom. The average Bonchev–Trinajstić information content (AvgIpc) is 3.82. The third-order valence-electron chi connectivity index (χ3n) is 14.4. The molecule has 74 heavy (non-hydrogen) atoms. The van der Waals surface area contributed by atoms with Gasteiger partial charge in [0.1, 0.15) is 0 Å². The van der Waals surface area contributed by atoms with Crippen LogP contribution in [-0.4, -0.2) is 4.57 Å². The molecule has 0 unspecified atom stereocenters. The lowest BCUT2D eigenvalue weighted by molar-refractivity contribution is 1.18. The highest BCUT2D eigenvalue weighted by Gasteiger charge is 2.19. The number of aromatic nitrogens is 1. The van der Waals surface area contributed by atoms with Gasteiger partial charge in [-0.3, -0.25) is 0 Å². The summed E-state index contributed by atoms with van der Waals surface area (Å²) in [6.07, 6.45) is 0. The van der Waals surface area contributed by atoms with Crippen LogP contribution in [0.1, 0.15) is 0 Å². The van der Waals surface area contributed by atoms with Crippen molar-refractivity contribution in [3.8, 4) is 83.6 Å².